The first kappa shape index (κ1) is 14.6. The largest absolute Gasteiger partial charge is 0.388 e. The lowest BCUT2D eigenvalue weighted by Crippen LogP contribution is -2.13. The summed E-state index contributed by atoms with van der Waals surface area (Å²) in [6.45, 7) is 1.84. The van der Waals surface area contributed by atoms with Crippen LogP contribution >= 0.6 is 46.2 Å². The monoisotopic (exact) mass is 333 g/mol. The third-order valence-corrected chi connectivity index (χ3v) is 5.50. The summed E-state index contributed by atoms with van der Waals surface area (Å²) in [6, 6.07) is 0. The van der Waals surface area contributed by atoms with Crippen LogP contribution < -0.4 is 11.1 Å². The van der Waals surface area contributed by atoms with Crippen molar-refractivity contribution in [2.24, 2.45) is 0 Å². The average molecular weight is 333 g/mol. The summed E-state index contributed by atoms with van der Waals surface area (Å²) in [4.78, 5) is 16.0. The van der Waals surface area contributed by atoms with E-state index in [2.05, 4.69) is 20.5 Å². The SMILES string of the molecule is CSc1nc(SCC(=O)Nc2nnc(C)s2)sc1N. The fourth-order valence-electron chi connectivity index (χ4n) is 1.14. The molecule has 0 aliphatic heterocycles. The lowest BCUT2D eigenvalue weighted by molar-refractivity contribution is -0.113. The van der Waals surface area contributed by atoms with Gasteiger partial charge in [0.2, 0.25) is 11.0 Å². The Hall–Kier alpha value is -0.840. The number of nitrogens with one attached hydrogen (secondary N) is 1. The number of hydrogen-bond donors (Lipinski definition) is 2. The van der Waals surface area contributed by atoms with Gasteiger partial charge in [-0.2, -0.15) is 0 Å². The maximum absolute atomic E-state index is 11.7. The molecule has 0 aromatic carbocycles. The number of thioether (sulfide) groups is 2. The number of carbonyl (C=O) groups is 1. The van der Waals surface area contributed by atoms with Crippen LogP contribution in [0.4, 0.5) is 10.1 Å². The molecule has 2 aromatic rings. The smallest absolute Gasteiger partial charge is 0.236 e. The highest BCUT2D eigenvalue weighted by molar-refractivity contribution is 8.02. The minimum atomic E-state index is -0.124. The second kappa shape index (κ2) is 6.55. The number of anilines is 2. The van der Waals surface area contributed by atoms with Gasteiger partial charge in [-0.3, -0.25) is 10.1 Å². The minimum absolute atomic E-state index is 0.124. The van der Waals surface area contributed by atoms with Gasteiger partial charge < -0.3 is 5.73 Å². The lowest BCUT2D eigenvalue weighted by atomic mass is 10.7. The van der Waals surface area contributed by atoms with E-state index in [-0.39, 0.29) is 11.7 Å². The molecule has 2 aromatic heterocycles. The summed E-state index contributed by atoms with van der Waals surface area (Å²) in [5, 5.41) is 13.2. The fraction of sp³-hybridized carbons (Fsp3) is 0.333. The van der Waals surface area contributed by atoms with Crippen molar-refractivity contribution in [1.82, 2.24) is 15.2 Å². The number of aryl methyl sites for hydroxylation is 1. The van der Waals surface area contributed by atoms with Crippen LogP contribution in [0, 0.1) is 6.92 Å². The van der Waals surface area contributed by atoms with E-state index in [1.807, 2.05) is 13.2 Å². The van der Waals surface area contributed by atoms with E-state index in [1.165, 1.54) is 46.2 Å². The molecule has 0 saturated carbocycles. The second-order valence-electron chi connectivity index (χ2n) is 3.32. The Morgan fingerprint density at radius 3 is 2.79 bits per heavy atom. The molecule has 2 rings (SSSR count). The second-order valence-corrected chi connectivity index (χ2v) is 7.55. The van der Waals surface area contributed by atoms with E-state index >= 15 is 0 Å². The Morgan fingerprint density at radius 1 is 1.42 bits per heavy atom. The molecule has 6 nitrogen and oxygen atoms in total. The van der Waals surface area contributed by atoms with Crippen molar-refractivity contribution < 1.29 is 4.79 Å². The Bertz CT molecular complexity index is 581. The first-order chi connectivity index (χ1) is 9.08. The predicted molar refractivity (Wildman–Crippen MR) is 82.3 cm³/mol. The summed E-state index contributed by atoms with van der Waals surface area (Å²) in [5.74, 6) is 0.153. The summed E-state index contributed by atoms with van der Waals surface area (Å²) in [5.41, 5.74) is 5.79. The molecule has 0 unspecified atom stereocenters. The van der Waals surface area contributed by atoms with E-state index in [4.69, 9.17) is 5.73 Å². The number of nitrogen functional groups attached to an aromatic ring is 1. The van der Waals surface area contributed by atoms with Crippen LogP contribution in [0.15, 0.2) is 9.37 Å². The van der Waals surface area contributed by atoms with Crippen LogP contribution in [0.5, 0.6) is 0 Å². The third kappa shape index (κ3) is 4.06. The molecule has 0 spiro atoms. The topological polar surface area (TPSA) is 93.8 Å². The van der Waals surface area contributed by atoms with Crippen molar-refractivity contribution in [3.8, 4) is 0 Å². The molecule has 0 aliphatic carbocycles. The number of amides is 1. The zero-order valence-electron chi connectivity index (χ0n) is 10.2. The number of thiazole rings is 1. The lowest BCUT2D eigenvalue weighted by Gasteiger charge is -1.98. The average Bonchev–Trinajstić information content (AvgIpc) is 2.93. The molecule has 19 heavy (non-hydrogen) atoms. The first-order valence-electron chi connectivity index (χ1n) is 5.11. The van der Waals surface area contributed by atoms with E-state index in [0.29, 0.717) is 10.1 Å². The normalized spacial score (nSPS) is 10.6. The number of carbonyl (C=O) groups excluding carboxylic acids is 1. The van der Waals surface area contributed by atoms with Crippen LogP contribution in [0.25, 0.3) is 0 Å². The van der Waals surface area contributed by atoms with Gasteiger partial charge >= 0.3 is 0 Å². The molecule has 10 heteroatoms. The maximum Gasteiger partial charge on any atom is 0.236 e. The Labute approximate surface area is 126 Å². The van der Waals surface area contributed by atoms with Crippen molar-refractivity contribution >= 4 is 62.2 Å². The highest BCUT2D eigenvalue weighted by Gasteiger charge is 2.11. The Morgan fingerprint density at radius 2 is 2.21 bits per heavy atom. The van der Waals surface area contributed by atoms with E-state index in [1.54, 1.807) is 0 Å². The molecule has 102 valence electrons. The number of aromatic nitrogens is 3. The molecule has 0 aliphatic rings. The number of rotatable bonds is 5. The fourth-order valence-corrected chi connectivity index (χ4v) is 4.24. The first-order valence-corrected chi connectivity index (χ1v) is 8.96. The highest BCUT2D eigenvalue weighted by Crippen LogP contribution is 2.33. The van der Waals surface area contributed by atoms with Crippen molar-refractivity contribution in [2.45, 2.75) is 16.3 Å². The van der Waals surface area contributed by atoms with Crippen LogP contribution in [0.3, 0.4) is 0 Å². The van der Waals surface area contributed by atoms with E-state index in [9.17, 15) is 4.79 Å². The van der Waals surface area contributed by atoms with Gasteiger partial charge in [-0.15, -0.1) is 22.0 Å². The number of hydrogen-bond acceptors (Lipinski definition) is 9. The molecule has 1 amide bonds. The zero-order chi connectivity index (χ0) is 13.8. The highest BCUT2D eigenvalue weighted by atomic mass is 32.2. The van der Waals surface area contributed by atoms with Gasteiger partial charge in [-0.25, -0.2) is 4.98 Å². The van der Waals surface area contributed by atoms with Crippen molar-refractivity contribution in [1.29, 1.82) is 0 Å². The van der Waals surface area contributed by atoms with E-state index in [0.717, 1.165) is 14.4 Å². The molecule has 2 heterocycles. The molecule has 0 fully saturated rings. The summed E-state index contributed by atoms with van der Waals surface area (Å²) < 4.78 is 0.797. The molecule has 0 radical (unpaired) electrons. The number of nitrogens with zero attached hydrogens (tertiary/aromatic N) is 3. The van der Waals surface area contributed by atoms with Crippen LogP contribution in [-0.4, -0.2) is 33.1 Å². The molecule has 0 bridgehead atoms. The molecular weight excluding hydrogens is 322 g/mol. The summed E-state index contributed by atoms with van der Waals surface area (Å²) >= 11 is 5.61. The van der Waals surface area contributed by atoms with Crippen molar-refractivity contribution in [2.75, 3.05) is 23.1 Å². The molecular formula is C9H11N5OS4. The molecule has 0 saturated heterocycles. The standard InChI is InChI=1S/C9H11N5OS4/c1-4-13-14-8(18-4)11-5(15)3-17-9-12-7(16-2)6(10)19-9/h3,10H2,1-2H3,(H,11,14,15). The van der Waals surface area contributed by atoms with Crippen LogP contribution in [0.1, 0.15) is 5.01 Å². The van der Waals surface area contributed by atoms with Crippen LogP contribution in [-0.2, 0) is 4.79 Å². The molecule has 3 N–H and O–H groups in total. The van der Waals surface area contributed by atoms with Gasteiger partial charge in [-0.05, 0) is 13.2 Å². The van der Waals surface area contributed by atoms with Gasteiger partial charge in [0.15, 0.2) is 4.34 Å². The van der Waals surface area contributed by atoms with Gasteiger partial charge in [0.25, 0.3) is 0 Å². The number of nitrogens with two attached hydrogens (primary N) is 1. The predicted octanol–water partition coefficient (Wildman–Crippen LogP) is 2.34. The Balaban J connectivity index is 1.86. The quantitative estimate of drug-likeness (QED) is 0.811. The van der Waals surface area contributed by atoms with Gasteiger partial charge in [0.1, 0.15) is 15.0 Å². The van der Waals surface area contributed by atoms with Gasteiger partial charge in [0.05, 0.1) is 5.75 Å². The summed E-state index contributed by atoms with van der Waals surface area (Å²) in [6.07, 6.45) is 1.92. The van der Waals surface area contributed by atoms with Crippen LogP contribution in [0.2, 0.25) is 0 Å². The zero-order valence-corrected chi connectivity index (χ0v) is 13.4. The van der Waals surface area contributed by atoms with Crippen molar-refractivity contribution in [3.63, 3.8) is 0 Å². The van der Waals surface area contributed by atoms with E-state index < -0.39 is 0 Å². The molecule has 0 atom stereocenters. The van der Waals surface area contributed by atoms with Gasteiger partial charge in [-0.1, -0.05) is 34.4 Å². The summed E-state index contributed by atoms with van der Waals surface area (Å²) in [7, 11) is 0. The van der Waals surface area contributed by atoms with Crippen molar-refractivity contribution in [3.05, 3.63) is 5.01 Å². The minimum Gasteiger partial charge on any atom is -0.388 e. The maximum atomic E-state index is 11.7. The van der Waals surface area contributed by atoms with Gasteiger partial charge in [0, 0.05) is 0 Å². The third-order valence-electron chi connectivity index (χ3n) is 1.89. The Kier molecular flexibility index (Phi) is 5.02.